The number of thioether (sulfide) groups is 1. The number of esters is 1. The molecule has 0 heterocycles. The first-order chi connectivity index (χ1) is 8.08. The average Bonchev–Trinajstić information content (AvgIpc) is 2.37. The summed E-state index contributed by atoms with van der Waals surface area (Å²) in [5.74, 6) is 0.550. The zero-order valence-corrected chi connectivity index (χ0v) is 11.4. The molecule has 2 unspecified atom stereocenters. The molecule has 3 nitrogen and oxygen atoms in total. The van der Waals surface area contributed by atoms with Gasteiger partial charge in [0.15, 0.2) is 0 Å². The van der Waals surface area contributed by atoms with Gasteiger partial charge in [-0.2, -0.15) is 0 Å². The minimum absolute atomic E-state index is 0.118. The van der Waals surface area contributed by atoms with E-state index in [1.54, 1.807) is 18.9 Å². The van der Waals surface area contributed by atoms with E-state index in [0.29, 0.717) is 0 Å². The second kappa shape index (κ2) is 6.55. The lowest BCUT2D eigenvalue weighted by atomic mass is 10.1. The monoisotopic (exact) mass is 254 g/mol. The third-order valence-electron chi connectivity index (χ3n) is 2.66. The third-order valence-corrected chi connectivity index (χ3v) is 3.98. The highest BCUT2D eigenvalue weighted by molar-refractivity contribution is 8.00. The maximum atomic E-state index is 11.4. The summed E-state index contributed by atoms with van der Waals surface area (Å²) in [7, 11) is 3.06. The zero-order valence-electron chi connectivity index (χ0n) is 10.6. The fraction of sp³-hybridized carbons (Fsp3) is 0.462. The molecule has 0 N–H and O–H groups in total. The zero-order chi connectivity index (χ0) is 12.8. The largest absolute Gasteiger partial charge is 0.497 e. The van der Waals surface area contributed by atoms with Gasteiger partial charge in [-0.3, -0.25) is 4.79 Å². The standard InChI is InChI=1S/C13H18O3S/c1-9(13(14)16-4)10(2)17-12-7-5-11(15-3)6-8-12/h5-10H,1-4H3. The van der Waals surface area contributed by atoms with E-state index in [0.717, 1.165) is 10.6 Å². The number of hydrogen-bond acceptors (Lipinski definition) is 4. The quantitative estimate of drug-likeness (QED) is 0.598. The molecule has 1 aromatic carbocycles. The Hall–Kier alpha value is -1.16. The maximum Gasteiger partial charge on any atom is 0.309 e. The van der Waals surface area contributed by atoms with E-state index >= 15 is 0 Å². The molecule has 0 saturated carbocycles. The molecule has 0 aliphatic rings. The molecule has 0 radical (unpaired) electrons. The highest BCUT2D eigenvalue weighted by atomic mass is 32.2. The van der Waals surface area contributed by atoms with Gasteiger partial charge in [0, 0.05) is 10.1 Å². The Balaban J connectivity index is 2.60. The average molecular weight is 254 g/mol. The van der Waals surface area contributed by atoms with Crippen LogP contribution in [0.2, 0.25) is 0 Å². The molecule has 0 spiro atoms. The van der Waals surface area contributed by atoms with Gasteiger partial charge in [-0.25, -0.2) is 0 Å². The van der Waals surface area contributed by atoms with E-state index in [2.05, 4.69) is 0 Å². The Morgan fingerprint density at radius 2 is 1.76 bits per heavy atom. The molecule has 94 valence electrons. The normalized spacial score (nSPS) is 13.9. The van der Waals surface area contributed by atoms with Gasteiger partial charge in [0.05, 0.1) is 20.1 Å². The van der Waals surface area contributed by atoms with Gasteiger partial charge in [0.2, 0.25) is 0 Å². The topological polar surface area (TPSA) is 35.5 Å². The molecule has 0 amide bonds. The molecule has 0 bridgehead atoms. The molecule has 0 fully saturated rings. The molecule has 4 heteroatoms. The number of carbonyl (C=O) groups is 1. The first-order valence-electron chi connectivity index (χ1n) is 5.47. The van der Waals surface area contributed by atoms with Crippen LogP contribution in [0.1, 0.15) is 13.8 Å². The molecule has 0 aliphatic carbocycles. The number of hydrogen-bond donors (Lipinski definition) is 0. The van der Waals surface area contributed by atoms with Crippen molar-refractivity contribution in [2.75, 3.05) is 14.2 Å². The van der Waals surface area contributed by atoms with Crippen LogP contribution < -0.4 is 4.74 Å². The van der Waals surface area contributed by atoms with Crippen LogP contribution in [0.3, 0.4) is 0 Å². The first-order valence-corrected chi connectivity index (χ1v) is 6.35. The van der Waals surface area contributed by atoms with E-state index in [1.807, 2.05) is 38.1 Å². The van der Waals surface area contributed by atoms with Crippen LogP contribution in [-0.4, -0.2) is 25.4 Å². The van der Waals surface area contributed by atoms with Crippen molar-refractivity contribution < 1.29 is 14.3 Å². The van der Waals surface area contributed by atoms with Crippen LogP contribution in [0, 0.1) is 5.92 Å². The van der Waals surface area contributed by atoms with Crippen LogP contribution in [0.25, 0.3) is 0 Å². The summed E-state index contributed by atoms with van der Waals surface area (Å²) in [4.78, 5) is 12.5. The van der Waals surface area contributed by atoms with Crippen LogP contribution >= 0.6 is 11.8 Å². The van der Waals surface area contributed by atoms with Crippen LogP contribution in [-0.2, 0) is 9.53 Å². The molecule has 1 aromatic rings. The predicted molar refractivity (Wildman–Crippen MR) is 69.5 cm³/mol. The van der Waals surface area contributed by atoms with Gasteiger partial charge in [-0.15, -0.1) is 11.8 Å². The highest BCUT2D eigenvalue weighted by Gasteiger charge is 2.21. The van der Waals surface area contributed by atoms with Crippen molar-refractivity contribution in [2.24, 2.45) is 5.92 Å². The van der Waals surface area contributed by atoms with Gasteiger partial charge >= 0.3 is 5.97 Å². The molecule has 0 saturated heterocycles. The summed E-state index contributed by atoms with van der Waals surface area (Å²) in [5.41, 5.74) is 0. The van der Waals surface area contributed by atoms with Crippen LogP contribution in [0.5, 0.6) is 5.75 Å². The summed E-state index contributed by atoms with van der Waals surface area (Å²) >= 11 is 1.66. The summed E-state index contributed by atoms with van der Waals surface area (Å²) in [6.45, 7) is 3.91. The highest BCUT2D eigenvalue weighted by Crippen LogP contribution is 2.29. The van der Waals surface area contributed by atoms with Crippen LogP contribution in [0.4, 0.5) is 0 Å². The lowest BCUT2D eigenvalue weighted by Crippen LogP contribution is -2.21. The number of carbonyl (C=O) groups excluding carboxylic acids is 1. The lowest BCUT2D eigenvalue weighted by molar-refractivity contribution is -0.144. The molecule has 0 aromatic heterocycles. The number of rotatable bonds is 5. The Kier molecular flexibility index (Phi) is 5.35. The van der Waals surface area contributed by atoms with Crippen molar-refractivity contribution in [3.8, 4) is 5.75 Å². The van der Waals surface area contributed by atoms with E-state index in [4.69, 9.17) is 9.47 Å². The van der Waals surface area contributed by atoms with Crippen molar-refractivity contribution in [3.05, 3.63) is 24.3 Å². The van der Waals surface area contributed by atoms with Crippen molar-refractivity contribution >= 4 is 17.7 Å². The van der Waals surface area contributed by atoms with Crippen LogP contribution in [0.15, 0.2) is 29.2 Å². The lowest BCUT2D eigenvalue weighted by Gasteiger charge is -2.17. The van der Waals surface area contributed by atoms with Crippen molar-refractivity contribution in [3.63, 3.8) is 0 Å². The fourth-order valence-electron chi connectivity index (χ4n) is 1.35. The summed E-state index contributed by atoms with van der Waals surface area (Å²) in [6.07, 6.45) is 0. The minimum atomic E-state index is -0.168. The molecule has 2 atom stereocenters. The van der Waals surface area contributed by atoms with E-state index in [9.17, 15) is 4.79 Å². The minimum Gasteiger partial charge on any atom is -0.497 e. The van der Waals surface area contributed by atoms with Crippen molar-refractivity contribution in [2.45, 2.75) is 24.0 Å². The van der Waals surface area contributed by atoms with E-state index < -0.39 is 0 Å². The summed E-state index contributed by atoms with van der Waals surface area (Å²) in [6, 6.07) is 7.81. The maximum absolute atomic E-state index is 11.4. The number of benzene rings is 1. The predicted octanol–water partition coefficient (Wildman–Crippen LogP) is 2.98. The molecular weight excluding hydrogens is 236 g/mol. The Morgan fingerprint density at radius 1 is 1.18 bits per heavy atom. The van der Waals surface area contributed by atoms with E-state index in [-0.39, 0.29) is 17.1 Å². The summed E-state index contributed by atoms with van der Waals surface area (Å²) < 4.78 is 9.83. The second-order valence-electron chi connectivity index (χ2n) is 3.81. The SMILES string of the molecule is COC(=O)C(C)C(C)Sc1ccc(OC)cc1. The summed E-state index contributed by atoms with van der Waals surface area (Å²) in [5, 5.41) is 0.177. The Bertz CT molecular complexity index is 361. The number of ether oxygens (including phenoxy) is 2. The third kappa shape index (κ3) is 3.97. The van der Waals surface area contributed by atoms with Gasteiger partial charge in [-0.05, 0) is 24.3 Å². The Morgan fingerprint density at radius 3 is 2.24 bits per heavy atom. The van der Waals surface area contributed by atoms with Gasteiger partial charge < -0.3 is 9.47 Å². The molecule has 1 rings (SSSR count). The Labute approximate surface area is 106 Å². The second-order valence-corrected chi connectivity index (χ2v) is 5.26. The van der Waals surface area contributed by atoms with E-state index in [1.165, 1.54) is 7.11 Å². The van der Waals surface area contributed by atoms with Gasteiger partial charge in [-0.1, -0.05) is 13.8 Å². The smallest absolute Gasteiger partial charge is 0.309 e. The van der Waals surface area contributed by atoms with Gasteiger partial charge in [0.1, 0.15) is 5.75 Å². The molecule has 17 heavy (non-hydrogen) atoms. The van der Waals surface area contributed by atoms with Crippen molar-refractivity contribution in [1.82, 2.24) is 0 Å². The van der Waals surface area contributed by atoms with Crippen molar-refractivity contribution in [1.29, 1.82) is 0 Å². The molecule has 0 aliphatic heterocycles. The number of methoxy groups -OCH3 is 2. The molecular formula is C13H18O3S. The van der Waals surface area contributed by atoms with Gasteiger partial charge in [0.25, 0.3) is 0 Å². The fourth-order valence-corrected chi connectivity index (χ4v) is 2.39. The first kappa shape index (κ1) is 13.9.